The summed E-state index contributed by atoms with van der Waals surface area (Å²) >= 11 is 0. The SMILES string of the molecule is CC[C@@]1(O)C(=O)OCc2c1cc1n(c2=O)CC2=C3C4=C(CC(F)C(C)=C4CC[C@@H]3NC(=O)CCCCNC(=O)CNC(=O)[C@H](Cc3ccccc3)NC(=O)CNC(=O)CNC(=O)OC(C)(C)C)NC21. The number of hydrogen-bond donors (Lipinski definition) is 8. The van der Waals surface area contributed by atoms with Gasteiger partial charge in [0.15, 0.2) is 5.60 Å². The highest BCUT2D eigenvalue weighted by molar-refractivity contribution is 5.92. The van der Waals surface area contributed by atoms with Crippen molar-refractivity contribution < 1.29 is 52.5 Å². The van der Waals surface area contributed by atoms with E-state index in [0.717, 1.165) is 27.9 Å². The fourth-order valence-corrected chi connectivity index (χ4v) is 9.52. The number of esters is 1. The monoisotopic (exact) mass is 956 g/mol. The van der Waals surface area contributed by atoms with Gasteiger partial charge < -0.3 is 56.4 Å². The van der Waals surface area contributed by atoms with Gasteiger partial charge in [0.1, 0.15) is 31.0 Å². The van der Waals surface area contributed by atoms with E-state index >= 15 is 4.39 Å². The normalized spacial score (nSPS) is 21.6. The molecule has 6 amide bonds. The lowest BCUT2D eigenvalue weighted by molar-refractivity contribution is -0.172. The molecule has 1 saturated carbocycles. The lowest BCUT2D eigenvalue weighted by atomic mass is 9.70. The Morgan fingerprint density at radius 3 is 2.41 bits per heavy atom. The zero-order valence-corrected chi connectivity index (χ0v) is 39.5. The molecular weight excluding hydrogens is 896 g/mol. The number of alkyl halides is 1. The second-order valence-corrected chi connectivity index (χ2v) is 19.0. The van der Waals surface area contributed by atoms with Crippen LogP contribution in [0.25, 0.3) is 0 Å². The van der Waals surface area contributed by atoms with Crippen molar-refractivity contribution in [3.05, 3.63) is 103 Å². The quantitative estimate of drug-likeness (QED) is 0.0835. The smallest absolute Gasteiger partial charge is 0.408 e. The van der Waals surface area contributed by atoms with Crippen LogP contribution in [-0.2, 0) is 63.4 Å². The maximum absolute atomic E-state index is 15.5. The number of alkyl carbamates (subject to hydrolysis) is 1. The maximum Gasteiger partial charge on any atom is 0.408 e. The summed E-state index contributed by atoms with van der Waals surface area (Å²) in [6.45, 7) is 7.31. The third-order valence-electron chi connectivity index (χ3n) is 13.0. The molecule has 8 N–H and O–H groups in total. The van der Waals surface area contributed by atoms with Gasteiger partial charge in [-0.1, -0.05) is 37.3 Å². The van der Waals surface area contributed by atoms with Crippen molar-refractivity contribution in [3.63, 3.8) is 0 Å². The number of ether oxygens (including phenoxy) is 2. The van der Waals surface area contributed by atoms with Gasteiger partial charge in [0.25, 0.3) is 5.56 Å². The predicted octanol–water partition coefficient (Wildman–Crippen LogP) is 1.82. The fraction of sp³-hybridized carbons (Fsp3) is 0.510. The van der Waals surface area contributed by atoms with Crippen LogP contribution in [0.3, 0.4) is 0 Å². The van der Waals surface area contributed by atoms with Crippen molar-refractivity contribution in [2.24, 2.45) is 0 Å². The van der Waals surface area contributed by atoms with Gasteiger partial charge in [0.2, 0.25) is 29.5 Å². The molecule has 69 heavy (non-hydrogen) atoms. The largest absolute Gasteiger partial charge is 0.458 e. The summed E-state index contributed by atoms with van der Waals surface area (Å²) < 4.78 is 27.4. The highest BCUT2D eigenvalue weighted by Crippen LogP contribution is 2.51. The molecule has 0 bridgehead atoms. The topological polar surface area (TPSA) is 264 Å². The molecule has 2 aliphatic carbocycles. The van der Waals surface area contributed by atoms with E-state index in [1.54, 1.807) is 75.6 Å². The van der Waals surface area contributed by atoms with Gasteiger partial charge in [-0.05, 0) is 93.7 Å². The van der Waals surface area contributed by atoms with Crippen LogP contribution in [0, 0.1) is 0 Å². The minimum atomic E-state index is -1.98. The Balaban J connectivity index is 0.909. The highest BCUT2D eigenvalue weighted by atomic mass is 19.1. The molecule has 0 saturated heterocycles. The number of unbranched alkanes of at least 4 members (excludes halogenated alkanes) is 1. The van der Waals surface area contributed by atoms with Crippen molar-refractivity contribution in [3.8, 4) is 0 Å². The third-order valence-corrected chi connectivity index (χ3v) is 13.0. The number of amides is 6. The van der Waals surface area contributed by atoms with Gasteiger partial charge in [-0.3, -0.25) is 28.8 Å². The van der Waals surface area contributed by atoms with E-state index in [4.69, 9.17) is 9.47 Å². The van der Waals surface area contributed by atoms with Gasteiger partial charge in [-0.15, -0.1) is 0 Å². The molecule has 5 aliphatic rings. The molecule has 0 radical (unpaired) electrons. The van der Waals surface area contributed by atoms with E-state index in [1.165, 1.54) is 0 Å². The Morgan fingerprint density at radius 1 is 0.971 bits per heavy atom. The number of hydrogen-bond acceptors (Lipinski definition) is 12. The number of pyridine rings is 1. The number of nitrogens with one attached hydrogen (secondary N) is 7. The lowest BCUT2D eigenvalue weighted by Gasteiger charge is -2.42. The van der Waals surface area contributed by atoms with Crippen molar-refractivity contribution >= 4 is 41.6 Å². The van der Waals surface area contributed by atoms with E-state index in [9.17, 15) is 43.5 Å². The first kappa shape index (κ1) is 50.1. The summed E-state index contributed by atoms with van der Waals surface area (Å²) in [6, 6.07) is 8.52. The Morgan fingerprint density at radius 2 is 1.68 bits per heavy atom. The molecule has 5 atom stereocenters. The number of aromatic nitrogens is 1. The van der Waals surface area contributed by atoms with Crippen molar-refractivity contribution in [1.29, 1.82) is 0 Å². The summed E-state index contributed by atoms with van der Waals surface area (Å²) in [5.41, 5.74) is 3.38. The minimum Gasteiger partial charge on any atom is -0.458 e. The number of dihydropyridines is 1. The number of halogens is 1. The first-order chi connectivity index (χ1) is 32.8. The molecule has 1 aromatic heterocycles. The lowest BCUT2D eigenvalue weighted by Crippen LogP contribution is -2.52. The zero-order valence-electron chi connectivity index (χ0n) is 39.5. The van der Waals surface area contributed by atoms with Crippen LogP contribution < -0.4 is 42.8 Å². The standard InChI is InChI=1S/C49H61FN8O11/c1-6-49(67)31-19-36-43-29(24-58(36)45(64)30(31)25-68-46(49)65)42-33(16-15-28-26(2)32(50)20-34(57-43)41(28)42)55-37(59)14-10-11-17-51-38(60)21-53-44(63)35(18-27-12-8-7-9-13-27)56-40(62)23-52-39(61)22-54-47(66)69-48(3,4)5/h7-9,12-13,19,32-33,35,43,57,67H,6,10-11,14-18,20-25H2,1-5H3,(H,51,60)(H,52,61)(H,53,63)(H,54,66)(H,55,59)(H,56,62)/t32?,33-,35-,43?,49-/m0/s1. The number of benzene rings is 1. The molecule has 2 unspecified atom stereocenters. The molecule has 7 rings (SSSR count). The van der Waals surface area contributed by atoms with Gasteiger partial charge >= 0.3 is 12.1 Å². The predicted molar refractivity (Wildman–Crippen MR) is 247 cm³/mol. The summed E-state index contributed by atoms with van der Waals surface area (Å²) in [4.78, 5) is 103. The minimum absolute atomic E-state index is 0.00406. The van der Waals surface area contributed by atoms with E-state index in [2.05, 4.69) is 37.2 Å². The zero-order chi connectivity index (χ0) is 49.8. The molecule has 0 spiro atoms. The van der Waals surface area contributed by atoms with E-state index in [1.807, 2.05) is 0 Å². The number of carbonyl (C=O) groups is 7. The Labute approximate surface area is 398 Å². The van der Waals surface area contributed by atoms with Gasteiger partial charge in [0.05, 0.1) is 37.3 Å². The average Bonchev–Trinajstić information content (AvgIpc) is 3.68. The number of allylic oxidation sites excluding steroid dienone is 3. The summed E-state index contributed by atoms with van der Waals surface area (Å²) in [5, 5.41) is 30.6. The maximum atomic E-state index is 15.5. The van der Waals surface area contributed by atoms with E-state index in [-0.39, 0.29) is 74.5 Å². The fourth-order valence-electron chi connectivity index (χ4n) is 9.52. The second kappa shape index (κ2) is 20.8. The molecule has 1 fully saturated rings. The first-order valence-electron chi connectivity index (χ1n) is 23.4. The van der Waals surface area contributed by atoms with E-state index in [0.29, 0.717) is 42.6 Å². The molecule has 370 valence electrons. The van der Waals surface area contributed by atoms with Crippen LogP contribution in [0.15, 0.2) is 74.8 Å². The van der Waals surface area contributed by atoms with Gasteiger partial charge in [0, 0.05) is 48.3 Å². The van der Waals surface area contributed by atoms with Crippen LogP contribution in [-0.4, -0.2) is 101 Å². The van der Waals surface area contributed by atoms with Crippen molar-refractivity contribution in [2.45, 2.75) is 135 Å². The molecular formula is C49H61FN8O11. The Bertz CT molecular complexity index is 2580. The molecule has 20 heteroatoms. The van der Waals surface area contributed by atoms with Crippen LogP contribution in [0.5, 0.6) is 0 Å². The molecule has 4 heterocycles. The number of cyclic esters (lactones) is 1. The molecule has 1 aromatic carbocycles. The highest BCUT2D eigenvalue weighted by Gasteiger charge is 2.49. The number of fused-ring (bicyclic) bond motifs is 4. The number of nitrogens with zero attached hydrogens (tertiary/aromatic N) is 1. The van der Waals surface area contributed by atoms with Crippen molar-refractivity contribution in [2.75, 3.05) is 26.2 Å². The van der Waals surface area contributed by atoms with Crippen LogP contribution >= 0.6 is 0 Å². The number of aliphatic hydroxyl groups is 1. The van der Waals surface area contributed by atoms with Crippen LogP contribution in [0.2, 0.25) is 0 Å². The van der Waals surface area contributed by atoms with Crippen molar-refractivity contribution in [1.82, 2.24) is 41.8 Å². The van der Waals surface area contributed by atoms with Gasteiger partial charge in [-0.25, -0.2) is 14.0 Å². The second-order valence-electron chi connectivity index (χ2n) is 19.0. The van der Waals surface area contributed by atoms with Crippen LogP contribution in [0.1, 0.15) is 108 Å². The average molecular weight is 957 g/mol. The Kier molecular flexibility index (Phi) is 15.1. The molecule has 2 aromatic rings. The number of carbonyl (C=O) groups excluding carboxylic acids is 7. The first-order valence-corrected chi connectivity index (χ1v) is 23.4. The Hall–Kier alpha value is -6.83. The van der Waals surface area contributed by atoms with Crippen LogP contribution in [0.4, 0.5) is 9.18 Å². The van der Waals surface area contributed by atoms with E-state index < -0.39 is 84.3 Å². The van der Waals surface area contributed by atoms with Gasteiger partial charge in [-0.2, -0.15) is 0 Å². The number of rotatable bonds is 17. The summed E-state index contributed by atoms with van der Waals surface area (Å²) in [6.07, 6.45) is 0.266. The molecule has 3 aliphatic heterocycles. The molecule has 19 nitrogen and oxygen atoms in total. The summed E-state index contributed by atoms with van der Waals surface area (Å²) in [7, 11) is 0. The summed E-state index contributed by atoms with van der Waals surface area (Å²) in [5.74, 6) is -3.47. The third kappa shape index (κ3) is 11.2.